The molecule has 0 spiro atoms. The lowest BCUT2D eigenvalue weighted by atomic mass is 9.90. The summed E-state index contributed by atoms with van der Waals surface area (Å²) in [5.41, 5.74) is 1.92. The number of sulfonamides is 1. The number of hydrogen-bond donors (Lipinski definition) is 4. The van der Waals surface area contributed by atoms with Crippen LogP contribution in [0.2, 0.25) is 0 Å². The number of carbonyl (C=O) groups excluding carboxylic acids is 1. The zero-order chi connectivity index (χ0) is 21.4. The van der Waals surface area contributed by atoms with Crippen molar-refractivity contribution in [2.24, 2.45) is 4.99 Å². The summed E-state index contributed by atoms with van der Waals surface area (Å²) >= 11 is 0. The lowest BCUT2D eigenvalue weighted by Gasteiger charge is -2.26. The van der Waals surface area contributed by atoms with Gasteiger partial charge in [-0.15, -0.1) is 24.0 Å². The van der Waals surface area contributed by atoms with Crippen molar-refractivity contribution >= 4 is 51.6 Å². The second-order valence-electron chi connectivity index (χ2n) is 7.57. The van der Waals surface area contributed by atoms with Crippen molar-refractivity contribution in [1.29, 1.82) is 0 Å². The number of amides is 1. The highest BCUT2D eigenvalue weighted by atomic mass is 127. The lowest BCUT2D eigenvalue weighted by Crippen LogP contribution is -2.44. The minimum Gasteiger partial charge on any atom is -0.377 e. The summed E-state index contributed by atoms with van der Waals surface area (Å²) in [6.45, 7) is 1.76. The molecule has 2 unspecified atom stereocenters. The second kappa shape index (κ2) is 12.6. The lowest BCUT2D eigenvalue weighted by molar-refractivity contribution is -0.116. The van der Waals surface area contributed by atoms with Crippen molar-refractivity contribution in [3.63, 3.8) is 0 Å². The maximum Gasteiger partial charge on any atom is 0.225 e. The quantitative estimate of drug-likeness (QED) is 0.215. The van der Waals surface area contributed by atoms with Crippen LogP contribution in [-0.2, 0) is 19.6 Å². The molecule has 0 saturated carbocycles. The SMILES string of the molecule is CN=C(NCCS(=O)(=O)NCC1CCCCO1)NCC1CC(=O)Nc2ccccc21.I. The summed E-state index contributed by atoms with van der Waals surface area (Å²) in [5.74, 6) is 0.455. The summed E-state index contributed by atoms with van der Waals surface area (Å²) in [6, 6.07) is 7.74. The molecule has 1 amide bonds. The smallest absolute Gasteiger partial charge is 0.225 e. The van der Waals surface area contributed by atoms with E-state index in [0.29, 0.717) is 32.1 Å². The highest BCUT2D eigenvalue weighted by Gasteiger charge is 2.25. The number of rotatable bonds is 8. The molecule has 174 valence electrons. The molecule has 0 aliphatic carbocycles. The molecule has 11 heteroatoms. The van der Waals surface area contributed by atoms with Gasteiger partial charge in [-0.2, -0.15) is 0 Å². The zero-order valence-corrected chi connectivity index (χ0v) is 20.9. The first kappa shape index (κ1) is 25.8. The number of carbonyl (C=O) groups is 1. The predicted octanol–water partition coefficient (Wildman–Crippen LogP) is 1.38. The molecule has 1 fully saturated rings. The molecule has 2 aliphatic heterocycles. The fraction of sp³-hybridized carbons (Fsp3) is 0.600. The molecule has 9 nitrogen and oxygen atoms in total. The van der Waals surface area contributed by atoms with E-state index in [-0.39, 0.29) is 54.2 Å². The Morgan fingerprint density at radius 1 is 1.23 bits per heavy atom. The molecule has 4 N–H and O–H groups in total. The second-order valence-corrected chi connectivity index (χ2v) is 9.50. The van der Waals surface area contributed by atoms with Crippen LogP contribution in [0.5, 0.6) is 0 Å². The van der Waals surface area contributed by atoms with Crippen molar-refractivity contribution < 1.29 is 17.9 Å². The van der Waals surface area contributed by atoms with Gasteiger partial charge in [-0.1, -0.05) is 18.2 Å². The number of fused-ring (bicyclic) bond motifs is 1. The van der Waals surface area contributed by atoms with Crippen LogP contribution in [0.25, 0.3) is 0 Å². The van der Waals surface area contributed by atoms with Crippen LogP contribution < -0.4 is 20.7 Å². The van der Waals surface area contributed by atoms with E-state index in [1.54, 1.807) is 7.05 Å². The van der Waals surface area contributed by atoms with E-state index in [2.05, 4.69) is 25.7 Å². The van der Waals surface area contributed by atoms with Gasteiger partial charge in [0.05, 0.1) is 11.9 Å². The molecule has 3 rings (SSSR count). The Labute approximate surface area is 201 Å². The third kappa shape index (κ3) is 8.20. The summed E-state index contributed by atoms with van der Waals surface area (Å²) in [6.07, 6.45) is 3.35. The molecule has 1 aromatic carbocycles. The molecule has 0 aromatic heterocycles. The van der Waals surface area contributed by atoms with Gasteiger partial charge in [-0.3, -0.25) is 9.79 Å². The van der Waals surface area contributed by atoms with Crippen molar-refractivity contribution in [2.45, 2.75) is 37.7 Å². The van der Waals surface area contributed by atoms with E-state index >= 15 is 0 Å². The Morgan fingerprint density at radius 2 is 2.03 bits per heavy atom. The largest absolute Gasteiger partial charge is 0.377 e. The van der Waals surface area contributed by atoms with Gasteiger partial charge in [-0.05, 0) is 30.9 Å². The van der Waals surface area contributed by atoms with Gasteiger partial charge < -0.3 is 20.7 Å². The average Bonchev–Trinajstić information content (AvgIpc) is 2.75. The average molecular weight is 565 g/mol. The molecule has 0 bridgehead atoms. The van der Waals surface area contributed by atoms with Gasteiger partial charge in [0.2, 0.25) is 15.9 Å². The molecular formula is C20H32IN5O4S. The van der Waals surface area contributed by atoms with E-state index in [9.17, 15) is 13.2 Å². The fourth-order valence-corrected chi connectivity index (χ4v) is 4.64. The molecule has 31 heavy (non-hydrogen) atoms. The zero-order valence-electron chi connectivity index (χ0n) is 17.7. The molecule has 0 radical (unpaired) electrons. The number of hydrogen-bond acceptors (Lipinski definition) is 5. The minimum atomic E-state index is -3.40. The predicted molar refractivity (Wildman–Crippen MR) is 133 cm³/mol. The summed E-state index contributed by atoms with van der Waals surface area (Å²) in [7, 11) is -1.77. The number of para-hydroxylation sites is 1. The normalized spacial score (nSPS) is 21.5. The maximum absolute atomic E-state index is 12.2. The van der Waals surface area contributed by atoms with Crippen molar-refractivity contribution in [1.82, 2.24) is 15.4 Å². The molecule has 1 aromatic rings. The number of benzene rings is 1. The number of guanidine groups is 1. The number of anilines is 1. The monoisotopic (exact) mass is 565 g/mol. The fourth-order valence-electron chi connectivity index (χ4n) is 3.69. The van der Waals surface area contributed by atoms with Crippen LogP contribution >= 0.6 is 24.0 Å². The Morgan fingerprint density at radius 3 is 2.77 bits per heavy atom. The third-order valence-electron chi connectivity index (χ3n) is 5.31. The van der Waals surface area contributed by atoms with Crippen molar-refractivity contribution in [2.75, 3.05) is 44.4 Å². The van der Waals surface area contributed by atoms with Crippen LogP contribution in [-0.4, -0.2) is 65.4 Å². The third-order valence-corrected chi connectivity index (χ3v) is 6.66. The van der Waals surface area contributed by atoms with Gasteiger partial charge in [0.15, 0.2) is 5.96 Å². The van der Waals surface area contributed by atoms with Gasteiger partial charge >= 0.3 is 0 Å². The summed E-state index contributed by atoms with van der Waals surface area (Å²) in [4.78, 5) is 16.1. The Balaban J connectivity index is 0.00000341. The first-order valence-corrected chi connectivity index (χ1v) is 12.0. The first-order chi connectivity index (χ1) is 14.5. The van der Waals surface area contributed by atoms with Gasteiger partial charge in [0.25, 0.3) is 0 Å². The van der Waals surface area contributed by atoms with Crippen LogP contribution in [0.3, 0.4) is 0 Å². The molecule has 2 atom stereocenters. The highest BCUT2D eigenvalue weighted by molar-refractivity contribution is 14.0. The van der Waals surface area contributed by atoms with Crippen LogP contribution in [0.15, 0.2) is 29.3 Å². The minimum absolute atomic E-state index is 0. The number of nitrogens with one attached hydrogen (secondary N) is 4. The van der Waals surface area contributed by atoms with Crippen LogP contribution in [0.1, 0.15) is 37.2 Å². The van der Waals surface area contributed by atoms with Crippen LogP contribution in [0.4, 0.5) is 5.69 Å². The molecule has 2 aliphatic rings. The summed E-state index contributed by atoms with van der Waals surface area (Å²) < 4.78 is 32.6. The van der Waals surface area contributed by atoms with Crippen molar-refractivity contribution in [3.05, 3.63) is 29.8 Å². The number of aliphatic imine (C=N–C) groups is 1. The van der Waals surface area contributed by atoms with Crippen molar-refractivity contribution in [3.8, 4) is 0 Å². The Kier molecular flexibility index (Phi) is 10.5. The van der Waals surface area contributed by atoms with E-state index in [1.807, 2.05) is 24.3 Å². The molecule has 1 saturated heterocycles. The number of halogens is 1. The van der Waals surface area contributed by atoms with E-state index < -0.39 is 10.0 Å². The molecular weight excluding hydrogens is 533 g/mol. The van der Waals surface area contributed by atoms with E-state index in [4.69, 9.17) is 4.74 Å². The highest BCUT2D eigenvalue weighted by Crippen LogP contribution is 2.31. The maximum atomic E-state index is 12.2. The summed E-state index contributed by atoms with van der Waals surface area (Å²) in [5, 5.41) is 9.10. The Bertz CT molecular complexity index is 859. The van der Waals surface area contributed by atoms with Crippen LogP contribution in [0, 0.1) is 0 Å². The van der Waals surface area contributed by atoms with E-state index in [0.717, 1.165) is 30.5 Å². The number of nitrogens with zero attached hydrogens (tertiary/aromatic N) is 1. The number of ether oxygens (including phenoxy) is 1. The Hall–Kier alpha value is -1.44. The molecule has 2 heterocycles. The van der Waals surface area contributed by atoms with Gasteiger partial charge in [0.1, 0.15) is 0 Å². The standard InChI is InChI=1S/C20H31N5O4S.HI/c1-21-20(22-9-11-30(27,28)24-14-16-6-4-5-10-29-16)23-13-15-12-19(26)25-18-8-3-2-7-17(15)18;/h2-3,7-8,15-16,24H,4-6,9-14H2,1H3,(H,25,26)(H2,21,22,23);1H. The van der Waals surface area contributed by atoms with Gasteiger partial charge in [-0.25, -0.2) is 13.1 Å². The van der Waals surface area contributed by atoms with Gasteiger partial charge in [0, 0.05) is 51.3 Å². The van der Waals surface area contributed by atoms with E-state index in [1.165, 1.54) is 0 Å². The first-order valence-electron chi connectivity index (χ1n) is 10.4. The topological polar surface area (TPSA) is 121 Å².